The van der Waals surface area contributed by atoms with Crippen molar-refractivity contribution in [2.24, 2.45) is 0 Å². The number of benzene rings is 2. The summed E-state index contributed by atoms with van der Waals surface area (Å²) in [5.74, 6) is 0.763. The van der Waals surface area contributed by atoms with Gasteiger partial charge in [0.05, 0.1) is 0 Å². The Labute approximate surface area is 146 Å². The van der Waals surface area contributed by atoms with Crippen molar-refractivity contribution in [3.8, 4) is 5.75 Å². The number of fused-ring (bicyclic) bond motifs is 1. The van der Waals surface area contributed by atoms with E-state index in [9.17, 15) is 4.79 Å². The summed E-state index contributed by atoms with van der Waals surface area (Å²) in [6.07, 6.45) is 2.63. The Balaban J connectivity index is 1.65. The van der Waals surface area contributed by atoms with E-state index in [0.29, 0.717) is 12.3 Å². The number of ether oxygens (including phenoxy) is 1. The van der Waals surface area contributed by atoms with Gasteiger partial charge < -0.3 is 15.4 Å². The Hall–Kier alpha value is -3.15. The van der Waals surface area contributed by atoms with Crippen LogP contribution in [0, 0.1) is 0 Å². The van der Waals surface area contributed by atoms with Crippen molar-refractivity contribution in [1.82, 2.24) is 14.9 Å². The molecule has 3 rings (SSSR count). The Morgan fingerprint density at radius 3 is 2.56 bits per heavy atom. The second kappa shape index (κ2) is 7.17. The van der Waals surface area contributed by atoms with Crippen molar-refractivity contribution in [1.29, 1.82) is 0 Å². The number of likely N-dealkylation sites (N-methyl/N-ethyl adjacent to an activating group) is 1. The third-order valence-electron chi connectivity index (χ3n) is 3.90. The lowest BCUT2D eigenvalue weighted by Gasteiger charge is -2.22. The van der Waals surface area contributed by atoms with E-state index in [4.69, 9.17) is 10.5 Å². The molecule has 1 aromatic heterocycles. The summed E-state index contributed by atoms with van der Waals surface area (Å²) >= 11 is 0. The van der Waals surface area contributed by atoms with E-state index in [0.717, 1.165) is 16.3 Å². The molecule has 0 fully saturated rings. The minimum absolute atomic E-state index is 0.120. The van der Waals surface area contributed by atoms with Crippen LogP contribution in [0.25, 0.3) is 10.8 Å². The molecule has 1 amide bonds. The maximum Gasteiger partial charge on any atom is 0.263 e. The van der Waals surface area contributed by atoms with Crippen molar-refractivity contribution in [3.63, 3.8) is 0 Å². The van der Waals surface area contributed by atoms with Gasteiger partial charge in [0, 0.05) is 31.5 Å². The van der Waals surface area contributed by atoms with Gasteiger partial charge in [-0.1, -0.05) is 30.3 Å². The smallest absolute Gasteiger partial charge is 0.263 e. The normalized spacial score (nSPS) is 11.9. The molecule has 2 N–H and O–H groups in total. The van der Waals surface area contributed by atoms with Gasteiger partial charge in [-0.05, 0) is 29.8 Å². The first-order valence-corrected chi connectivity index (χ1v) is 8.00. The molecule has 6 nitrogen and oxygen atoms in total. The topological polar surface area (TPSA) is 81.3 Å². The number of aromatic nitrogens is 2. The van der Waals surface area contributed by atoms with Gasteiger partial charge >= 0.3 is 0 Å². The average Bonchev–Trinajstić information content (AvgIpc) is 2.62. The predicted molar refractivity (Wildman–Crippen MR) is 97.0 cm³/mol. The molecule has 1 heterocycles. The van der Waals surface area contributed by atoms with Crippen LogP contribution in [-0.4, -0.2) is 33.9 Å². The predicted octanol–water partition coefficient (Wildman–Crippen LogP) is 2.64. The SMILES string of the molecule is C[C@H](Oc1ccc2ccccc2c1)C(=O)N(C)Cc1cnc(N)nc1. The monoisotopic (exact) mass is 336 g/mol. The van der Waals surface area contributed by atoms with Crippen LogP contribution in [0.1, 0.15) is 12.5 Å². The average molecular weight is 336 g/mol. The number of carbonyl (C=O) groups excluding carboxylic acids is 1. The molecule has 6 heteroatoms. The lowest BCUT2D eigenvalue weighted by atomic mass is 10.1. The highest BCUT2D eigenvalue weighted by Gasteiger charge is 2.19. The molecule has 0 aliphatic heterocycles. The van der Waals surface area contributed by atoms with Gasteiger partial charge in [0.25, 0.3) is 5.91 Å². The van der Waals surface area contributed by atoms with Gasteiger partial charge in [-0.3, -0.25) is 4.79 Å². The summed E-state index contributed by atoms with van der Waals surface area (Å²) in [5, 5.41) is 2.21. The fourth-order valence-electron chi connectivity index (χ4n) is 2.60. The largest absolute Gasteiger partial charge is 0.481 e. The summed E-state index contributed by atoms with van der Waals surface area (Å²) in [4.78, 5) is 22.0. The molecule has 0 radical (unpaired) electrons. The molecule has 3 aromatic rings. The molecule has 1 atom stereocenters. The molecular weight excluding hydrogens is 316 g/mol. The highest BCUT2D eigenvalue weighted by atomic mass is 16.5. The number of nitrogens with two attached hydrogens (primary N) is 1. The van der Waals surface area contributed by atoms with Crippen molar-refractivity contribution >= 4 is 22.6 Å². The standard InChI is InChI=1S/C19H20N4O2/c1-13(18(24)23(2)12-14-10-21-19(20)22-11-14)25-17-8-7-15-5-3-4-6-16(15)9-17/h3-11,13H,12H2,1-2H3,(H2,20,21,22)/t13-/m0/s1. The number of amides is 1. The Morgan fingerprint density at radius 1 is 1.16 bits per heavy atom. The zero-order chi connectivity index (χ0) is 17.8. The number of rotatable bonds is 5. The van der Waals surface area contributed by atoms with Crippen LogP contribution in [-0.2, 0) is 11.3 Å². The van der Waals surface area contributed by atoms with Crippen LogP contribution in [0.15, 0.2) is 54.9 Å². The van der Waals surface area contributed by atoms with Gasteiger partial charge in [-0.15, -0.1) is 0 Å². The third-order valence-corrected chi connectivity index (χ3v) is 3.90. The molecule has 0 saturated carbocycles. The van der Waals surface area contributed by atoms with Crippen LogP contribution in [0.4, 0.5) is 5.95 Å². The lowest BCUT2D eigenvalue weighted by molar-refractivity contribution is -0.137. The summed E-state index contributed by atoms with van der Waals surface area (Å²) in [5.41, 5.74) is 6.28. The number of carbonyl (C=O) groups is 1. The van der Waals surface area contributed by atoms with Gasteiger partial charge in [-0.25, -0.2) is 9.97 Å². The summed E-state index contributed by atoms with van der Waals surface area (Å²) in [6.45, 7) is 2.14. The molecule has 25 heavy (non-hydrogen) atoms. The number of anilines is 1. The first-order chi connectivity index (χ1) is 12.0. The quantitative estimate of drug-likeness (QED) is 0.774. The molecule has 0 unspecified atom stereocenters. The lowest BCUT2D eigenvalue weighted by Crippen LogP contribution is -2.37. The van der Waals surface area contributed by atoms with Crippen LogP contribution in [0.2, 0.25) is 0 Å². The van der Waals surface area contributed by atoms with E-state index in [-0.39, 0.29) is 11.9 Å². The van der Waals surface area contributed by atoms with Crippen molar-refractivity contribution in [2.75, 3.05) is 12.8 Å². The molecule has 0 aliphatic rings. The second-order valence-corrected chi connectivity index (χ2v) is 5.91. The second-order valence-electron chi connectivity index (χ2n) is 5.91. The van der Waals surface area contributed by atoms with Crippen LogP contribution < -0.4 is 10.5 Å². The summed E-state index contributed by atoms with van der Waals surface area (Å²) < 4.78 is 5.82. The van der Waals surface area contributed by atoms with Gasteiger partial charge in [0.15, 0.2) is 6.10 Å². The van der Waals surface area contributed by atoms with E-state index >= 15 is 0 Å². The van der Waals surface area contributed by atoms with Gasteiger partial charge in [0.2, 0.25) is 5.95 Å². The van der Waals surface area contributed by atoms with Crippen LogP contribution >= 0.6 is 0 Å². The molecule has 0 bridgehead atoms. The van der Waals surface area contributed by atoms with E-state index < -0.39 is 6.10 Å². The Kier molecular flexibility index (Phi) is 4.79. The molecule has 0 aliphatic carbocycles. The fourth-order valence-corrected chi connectivity index (χ4v) is 2.60. The number of hydrogen-bond donors (Lipinski definition) is 1. The highest BCUT2D eigenvalue weighted by molar-refractivity contribution is 5.84. The van der Waals surface area contributed by atoms with E-state index in [1.165, 1.54) is 0 Å². The molecular formula is C19H20N4O2. The Morgan fingerprint density at radius 2 is 1.84 bits per heavy atom. The minimum atomic E-state index is -0.596. The number of nitrogens with zero attached hydrogens (tertiary/aromatic N) is 3. The van der Waals surface area contributed by atoms with Crippen molar-refractivity contribution in [3.05, 3.63) is 60.4 Å². The minimum Gasteiger partial charge on any atom is -0.481 e. The number of nitrogen functional groups attached to an aromatic ring is 1. The zero-order valence-corrected chi connectivity index (χ0v) is 14.2. The Bertz CT molecular complexity index is 880. The van der Waals surface area contributed by atoms with Gasteiger partial charge in [-0.2, -0.15) is 0 Å². The maximum absolute atomic E-state index is 12.5. The van der Waals surface area contributed by atoms with Crippen LogP contribution in [0.5, 0.6) is 5.75 Å². The summed E-state index contributed by atoms with van der Waals surface area (Å²) in [7, 11) is 1.72. The first-order valence-electron chi connectivity index (χ1n) is 8.00. The maximum atomic E-state index is 12.5. The van der Waals surface area contributed by atoms with E-state index in [1.807, 2.05) is 42.5 Å². The molecule has 2 aromatic carbocycles. The summed E-state index contributed by atoms with van der Waals surface area (Å²) in [6, 6.07) is 13.8. The van der Waals surface area contributed by atoms with E-state index in [2.05, 4.69) is 9.97 Å². The van der Waals surface area contributed by atoms with Gasteiger partial charge in [0.1, 0.15) is 5.75 Å². The van der Waals surface area contributed by atoms with Crippen LogP contribution in [0.3, 0.4) is 0 Å². The first kappa shape index (κ1) is 16.7. The molecule has 128 valence electrons. The fraction of sp³-hybridized carbons (Fsp3) is 0.211. The van der Waals surface area contributed by atoms with E-state index in [1.54, 1.807) is 31.3 Å². The third kappa shape index (κ3) is 4.03. The van der Waals surface area contributed by atoms with Crippen molar-refractivity contribution < 1.29 is 9.53 Å². The number of hydrogen-bond acceptors (Lipinski definition) is 5. The zero-order valence-electron chi connectivity index (χ0n) is 14.2. The molecule has 0 saturated heterocycles. The molecule has 0 spiro atoms. The highest BCUT2D eigenvalue weighted by Crippen LogP contribution is 2.21. The van der Waals surface area contributed by atoms with Crippen molar-refractivity contribution in [2.45, 2.75) is 19.6 Å².